The molecule has 0 aliphatic carbocycles. The van der Waals surface area contributed by atoms with Crippen molar-refractivity contribution in [3.05, 3.63) is 39.7 Å². The summed E-state index contributed by atoms with van der Waals surface area (Å²) in [4.78, 5) is 12.3. The van der Waals surface area contributed by atoms with Crippen LogP contribution in [0.3, 0.4) is 0 Å². The standard InChI is InChI=1S/C12H18FN3O2/c1-9(15(2)3)7-14-8-10-6-11(13)4-5-12(10)16(17)18/h4-6,9,14H,7-8H2,1-3H3. The highest BCUT2D eigenvalue weighted by Gasteiger charge is 2.14. The molecular formula is C12H18FN3O2. The minimum Gasteiger partial charge on any atom is -0.311 e. The molecule has 0 bridgehead atoms. The zero-order chi connectivity index (χ0) is 13.7. The second kappa shape index (κ2) is 6.42. The van der Waals surface area contributed by atoms with Gasteiger partial charge in [-0.15, -0.1) is 0 Å². The number of hydrogen-bond acceptors (Lipinski definition) is 4. The summed E-state index contributed by atoms with van der Waals surface area (Å²) in [7, 11) is 3.91. The van der Waals surface area contributed by atoms with Gasteiger partial charge in [-0.1, -0.05) is 0 Å². The lowest BCUT2D eigenvalue weighted by Crippen LogP contribution is -2.35. The van der Waals surface area contributed by atoms with Gasteiger partial charge in [-0.3, -0.25) is 10.1 Å². The van der Waals surface area contributed by atoms with Crippen LogP contribution in [0.5, 0.6) is 0 Å². The third kappa shape index (κ3) is 4.05. The molecule has 0 aliphatic heterocycles. The van der Waals surface area contributed by atoms with Crippen molar-refractivity contribution >= 4 is 5.69 Å². The van der Waals surface area contributed by atoms with E-state index in [2.05, 4.69) is 5.32 Å². The van der Waals surface area contributed by atoms with Crippen LogP contribution in [-0.2, 0) is 6.54 Å². The third-order valence-electron chi connectivity index (χ3n) is 2.87. The number of nitro groups is 1. The highest BCUT2D eigenvalue weighted by molar-refractivity contribution is 5.40. The Kier molecular flexibility index (Phi) is 5.18. The summed E-state index contributed by atoms with van der Waals surface area (Å²) in [5.41, 5.74) is 0.312. The first-order valence-electron chi connectivity index (χ1n) is 5.71. The highest BCUT2D eigenvalue weighted by Crippen LogP contribution is 2.19. The molecule has 1 unspecified atom stereocenters. The van der Waals surface area contributed by atoms with Gasteiger partial charge in [0, 0.05) is 30.8 Å². The van der Waals surface area contributed by atoms with E-state index in [9.17, 15) is 14.5 Å². The van der Waals surface area contributed by atoms with E-state index in [1.165, 1.54) is 12.1 Å². The summed E-state index contributed by atoms with van der Waals surface area (Å²) in [6, 6.07) is 3.80. The zero-order valence-corrected chi connectivity index (χ0v) is 10.8. The second-order valence-electron chi connectivity index (χ2n) is 4.47. The molecule has 18 heavy (non-hydrogen) atoms. The minimum absolute atomic E-state index is 0.0543. The number of nitro benzene ring substituents is 1. The molecule has 0 fully saturated rings. The quantitative estimate of drug-likeness (QED) is 0.621. The topological polar surface area (TPSA) is 58.4 Å². The summed E-state index contributed by atoms with van der Waals surface area (Å²) in [6.07, 6.45) is 0. The van der Waals surface area contributed by atoms with Crippen molar-refractivity contribution in [1.82, 2.24) is 10.2 Å². The van der Waals surface area contributed by atoms with E-state index in [1.807, 2.05) is 25.9 Å². The van der Waals surface area contributed by atoms with Crippen molar-refractivity contribution in [1.29, 1.82) is 0 Å². The van der Waals surface area contributed by atoms with Crippen molar-refractivity contribution in [2.75, 3.05) is 20.6 Å². The van der Waals surface area contributed by atoms with Gasteiger partial charge in [-0.25, -0.2) is 4.39 Å². The van der Waals surface area contributed by atoms with Crippen molar-refractivity contribution in [3.63, 3.8) is 0 Å². The van der Waals surface area contributed by atoms with Crippen LogP contribution in [0.25, 0.3) is 0 Å². The molecular weight excluding hydrogens is 237 g/mol. The SMILES string of the molecule is CC(CNCc1cc(F)ccc1[N+](=O)[O-])N(C)C. The lowest BCUT2D eigenvalue weighted by Gasteiger charge is -2.20. The van der Waals surface area contributed by atoms with Crippen LogP contribution >= 0.6 is 0 Å². The molecule has 6 heteroatoms. The lowest BCUT2D eigenvalue weighted by atomic mass is 10.1. The minimum atomic E-state index is -0.494. The molecule has 100 valence electrons. The lowest BCUT2D eigenvalue weighted by molar-refractivity contribution is -0.385. The maximum atomic E-state index is 13.1. The van der Waals surface area contributed by atoms with E-state index < -0.39 is 10.7 Å². The van der Waals surface area contributed by atoms with Gasteiger partial charge in [-0.2, -0.15) is 0 Å². The fraction of sp³-hybridized carbons (Fsp3) is 0.500. The maximum Gasteiger partial charge on any atom is 0.274 e. The van der Waals surface area contributed by atoms with Gasteiger partial charge < -0.3 is 10.2 Å². The van der Waals surface area contributed by atoms with E-state index >= 15 is 0 Å². The van der Waals surface area contributed by atoms with E-state index in [0.29, 0.717) is 18.2 Å². The number of nitrogens with one attached hydrogen (secondary N) is 1. The van der Waals surface area contributed by atoms with Crippen molar-refractivity contribution < 1.29 is 9.31 Å². The van der Waals surface area contributed by atoms with Gasteiger partial charge in [0.25, 0.3) is 5.69 Å². The Labute approximate surface area is 106 Å². The molecule has 0 spiro atoms. The van der Waals surface area contributed by atoms with E-state index in [4.69, 9.17) is 0 Å². The molecule has 0 amide bonds. The Hall–Kier alpha value is -1.53. The largest absolute Gasteiger partial charge is 0.311 e. The normalized spacial score (nSPS) is 12.7. The van der Waals surface area contributed by atoms with Crippen LogP contribution < -0.4 is 5.32 Å². The van der Waals surface area contributed by atoms with Crippen molar-refractivity contribution in [2.45, 2.75) is 19.5 Å². The van der Waals surface area contributed by atoms with Gasteiger partial charge in [-0.05, 0) is 33.2 Å². The Morgan fingerprint density at radius 1 is 1.50 bits per heavy atom. The van der Waals surface area contributed by atoms with Crippen molar-refractivity contribution in [3.8, 4) is 0 Å². The molecule has 0 saturated heterocycles. The molecule has 0 aliphatic rings. The Bertz CT molecular complexity index is 424. The first-order valence-corrected chi connectivity index (χ1v) is 5.71. The Morgan fingerprint density at radius 2 is 2.17 bits per heavy atom. The fourth-order valence-electron chi connectivity index (χ4n) is 1.47. The summed E-state index contributed by atoms with van der Waals surface area (Å²) in [6.45, 7) is 3.00. The number of hydrogen-bond donors (Lipinski definition) is 1. The number of rotatable bonds is 6. The molecule has 1 rings (SSSR count). The van der Waals surface area contributed by atoms with Gasteiger partial charge in [0.2, 0.25) is 0 Å². The summed E-state index contributed by atoms with van der Waals surface area (Å²) < 4.78 is 13.1. The molecule has 5 nitrogen and oxygen atoms in total. The molecule has 0 radical (unpaired) electrons. The molecule has 1 atom stereocenters. The zero-order valence-electron chi connectivity index (χ0n) is 10.8. The van der Waals surface area contributed by atoms with Crippen LogP contribution in [0.4, 0.5) is 10.1 Å². The molecule has 1 aromatic carbocycles. The summed E-state index contributed by atoms with van der Waals surface area (Å²) in [5, 5.41) is 13.9. The first-order chi connectivity index (χ1) is 8.41. The van der Waals surface area contributed by atoms with E-state index in [1.54, 1.807) is 0 Å². The van der Waals surface area contributed by atoms with E-state index in [0.717, 1.165) is 6.07 Å². The Balaban J connectivity index is 2.66. The monoisotopic (exact) mass is 255 g/mol. The third-order valence-corrected chi connectivity index (χ3v) is 2.87. The van der Waals surface area contributed by atoms with Crippen LogP contribution in [-0.4, -0.2) is 36.5 Å². The molecule has 1 N–H and O–H groups in total. The van der Waals surface area contributed by atoms with Crippen molar-refractivity contribution in [2.24, 2.45) is 0 Å². The highest BCUT2D eigenvalue weighted by atomic mass is 19.1. The van der Waals surface area contributed by atoms with Crippen LogP contribution in [0.15, 0.2) is 18.2 Å². The second-order valence-corrected chi connectivity index (χ2v) is 4.47. The average Bonchev–Trinajstić information content (AvgIpc) is 2.28. The average molecular weight is 255 g/mol. The number of halogens is 1. The van der Waals surface area contributed by atoms with Crippen LogP contribution in [0, 0.1) is 15.9 Å². The number of nitrogens with zero attached hydrogens (tertiary/aromatic N) is 2. The number of benzene rings is 1. The van der Waals surface area contributed by atoms with Gasteiger partial charge in [0.1, 0.15) is 5.82 Å². The smallest absolute Gasteiger partial charge is 0.274 e. The predicted octanol–water partition coefficient (Wildman–Crippen LogP) is 1.77. The summed E-state index contributed by atoms with van der Waals surface area (Å²) >= 11 is 0. The predicted molar refractivity (Wildman–Crippen MR) is 67.9 cm³/mol. The first kappa shape index (κ1) is 14.5. The molecule has 1 aromatic rings. The maximum absolute atomic E-state index is 13.1. The number of likely N-dealkylation sites (N-methyl/N-ethyl adjacent to an activating group) is 1. The van der Waals surface area contributed by atoms with E-state index in [-0.39, 0.29) is 12.2 Å². The molecule has 0 aromatic heterocycles. The van der Waals surface area contributed by atoms with Gasteiger partial charge >= 0.3 is 0 Å². The van der Waals surface area contributed by atoms with Gasteiger partial charge in [0.05, 0.1) is 4.92 Å². The molecule has 0 saturated carbocycles. The molecule has 0 heterocycles. The van der Waals surface area contributed by atoms with Crippen LogP contribution in [0.2, 0.25) is 0 Å². The summed E-state index contributed by atoms with van der Waals surface area (Å²) in [5.74, 6) is -0.460. The van der Waals surface area contributed by atoms with Gasteiger partial charge in [0.15, 0.2) is 0 Å². The fourth-order valence-corrected chi connectivity index (χ4v) is 1.47. The Morgan fingerprint density at radius 3 is 2.72 bits per heavy atom. The van der Waals surface area contributed by atoms with Crippen LogP contribution in [0.1, 0.15) is 12.5 Å².